The van der Waals surface area contributed by atoms with Crippen molar-refractivity contribution < 1.29 is 19.1 Å². The van der Waals surface area contributed by atoms with Crippen LogP contribution in [0.3, 0.4) is 0 Å². The van der Waals surface area contributed by atoms with Crippen LogP contribution >= 0.6 is 0 Å². The average molecular weight is 353 g/mol. The van der Waals surface area contributed by atoms with Crippen molar-refractivity contribution in [1.82, 2.24) is 4.57 Å². The van der Waals surface area contributed by atoms with E-state index in [1.165, 1.54) is 0 Å². The Morgan fingerprint density at radius 2 is 1.77 bits per heavy atom. The first-order valence-electron chi connectivity index (χ1n) is 8.88. The Kier molecular flexibility index (Phi) is 4.98. The van der Waals surface area contributed by atoms with Crippen LogP contribution in [0.25, 0.3) is 21.7 Å². The van der Waals surface area contributed by atoms with E-state index >= 15 is 0 Å². The Morgan fingerprint density at radius 3 is 2.42 bits per heavy atom. The van der Waals surface area contributed by atoms with Crippen LogP contribution in [-0.4, -0.2) is 23.1 Å². The third kappa shape index (κ3) is 2.94. The monoisotopic (exact) mass is 353 g/mol. The molecule has 2 aromatic carbocycles. The van der Waals surface area contributed by atoms with Gasteiger partial charge in [0, 0.05) is 35.3 Å². The second-order valence-electron chi connectivity index (χ2n) is 6.28. The fraction of sp³-hybridized carbons (Fsp3) is 0.333. The van der Waals surface area contributed by atoms with Gasteiger partial charge in [-0.25, -0.2) is 4.79 Å². The molecule has 0 unspecified atom stereocenters. The molecule has 26 heavy (non-hydrogen) atoms. The molecule has 0 atom stereocenters. The van der Waals surface area contributed by atoms with E-state index in [0.717, 1.165) is 33.8 Å². The molecule has 5 heteroatoms. The maximum absolute atomic E-state index is 12.5. The fourth-order valence-corrected chi connectivity index (χ4v) is 3.33. The summed E-state index contributed by atoms with van der Waals surface area (Å²) >= 11 is 0. The van der Waals surface area contributed by atoms with Gasteiger partial charge in [-0.05, 0) is 26.3 Å². The number of hydrogen-bond acceptors (Lipinski definition) is 4. The predicted octanol–water partition coefficient (Wildman–Crippen LogP) is 4.52. The summed E-state index contributed by atoms with van der Waals surface area (Å²) in [4.78, 5) is 24.6. The van der Waals surface area contributed by atoms with Crippen LogP contribution in [0.2, 0.25) is 0 Å². The highest BCUT2D eigenvalue weighted by Crippen LogP contribution is 2.37. The Morgan fingerprint density at radius 1 is 1.08 bits per heavy atom. The Labute approximate surface area is 152 Å². The third-order valence-electron chi connectivity index (χ3n) is 4.61. The number of aromatic nitrogens is 1. The topological polar surface area (TPSA) is 57.5 Å². The van der Waals surface area contributed by atoms with Gasteiger partial charge in [-0.1, -0.05) is 31.2 Å². The van der Waals surface area contributed by atoms with Gasteiger partial charge in [-0.2, -0.15) is 0 Å². The molecule has 0 amide bonds. The molecular formula is C21H23NO4. The molecule has 0 saturated carbocycles. The molecule has 0 saturated heterocycles. The minimum atomic E-state index is -0.364. The van der Waals surface area contributed by atoms with E-state index in [2.05, 4.69) is 0 Å². The summed E-state index contributed by atoms with van der Waals surface area (Å²) in [5.74, 6) is -0.165. The van der Waals surface area contributed by atoms with E-state index in [1.54, 1.807) is 13.0 Å². The lowest BCUT2D eigenvalue weighted by Crippen LogP contribution is -2.08. The van der Waals surface area contributed by atoms with E-state index in [1.807, 2.05) is 49.7 Å². The number of fused-ring (bicyclic) bond motifs is 3. The summed E-state index contributed by atoms with van der Waals surface area (Å²) in [6.07, 6.45) is 1.07. The van der Waals surface area contributed by atoms with Crippen LogP contribution in [0.1, 0.15) is 42.7 Å². The number of benzene rings is 2. The largest absolute Gasteiger partial charge is 0.462 e. The van der Waals surface area contributed by atoms with Gasteiger partial charge in [0.25, 0.3) is 0 Å². The molecule has 3 aromatic rings. The normalized spacial score (nSPS) is 11.1. The predicted molar refractivity (Wildman–Crippen MR) is 102 cm³/mol. The summed E-state index contributed by atoms with van der Waals surface area (Å²) in [5.41, 5.74) is 2.26. The van der Waals surface area contributed by atoms with Crippen molar-refractivity contribution in [3.05, 3.63) is 41.6 Å². The van der Waals surface area contributed by atoms with E-state index < -0.39 is 0 Å². The average Bonchev–Trinajstić information content (AvgIpc) is 2.86. The zero-order valence-electron chi connectivity index (χ0n) is 15.6. The molecule has 3 rings (SSSR count). The van der Waals surface area contributed by atoms with E-state index in [0.29, 0.717) is 24.3 Å². The van der Waals surface area contributed by atoms with Gasteiger partial charge in [-0.15, -0.1) is 0 Å². The highest BCUT2D eigenvalue weighted by atomic mass is 16.5. The molecule has 0 radical (unpaired) electrons. The van der Waals surface area contributed by atoms with Crippen molar-refractivity contribution >= 4 is 33.6 Å². The van der Waals surface area contributed by atoms with E-state index in [9.17, 15) is 9.59 Å². The first-order valence-corrected chi connectivity index (χ1v) is 8.88. The molecule has 0 aliphatic carbocycles. The van der Waals surface area contributed by atoms with Gasteiger partial charge in [0.1, 0.15) is 5.75 Å². The van der Waals surface area contributed by atoms with Gasteiger partial charge < -0.3 is 14.0 Å². The highest BCUT2D eigenvalue weighted by Gasteiger charge is 2.23. The molecule has 0 fully saturated rings. The summed E-state index contributed by atoms with van der Waals surface area (Å²) < 4.78 is 12.8. The lowest BCUT2D eigenvalue weighted by molar-refractivity contribution is -0.134. The van der Waals surface area contributed by atoms with Crippen molar-refractivity contribution in [3.8, 4) is 5.75 Å². The number of carbonyl (C=O) groups is 2. The Balaban J connectivity index is 2.32. The molecular weight excluding hydrogens is 330 g/mol. The first kappa shape index (κ1) is 18.0. The van der Waals surface area contributed by atoms with Crippen molar-refractivity contribution in [3.63, 3.8) is 0 Å². The molecule has 0 bridgehead atoms. The summed E-state index contributed by atoms with van der Waals surface area (Å²) in [6, 6.07) is 9.53. The fourth-order valence-electron chi connectivity index (χ4n) is 3.33. The SMILES string of the molecule is CCCC(=O)Oc1cc2c(C(=O)OCC)c(C)n(C)c2c2ccccc12. The number of ether oxygens (including phenoxy) is 2. The Hall–Kier alpha value is -2.82. The maximum Gasteiger partial charge on any atom is 0.340 e. The molecule has 0 spiro atoms. The van der Waals surface area contributed by atoms with E-state index in [4.69, 9.17) is 9.47 Å². The van der Waals surface area contributed by atoms with Crippen LogP contribution in [-0.2, 0) is 16.6 Å². The molecule has 1 aromatic heterocycles. The number of rotatable bonds is 5. The molecule has 136 valence electrons. The quantitative estimate of drug-likeness (QED) is 0.500. The Bertz CT molecular complexity index is 1000. The molecule has 0 aliphatic heterocycles. The zero-order chi connectivity index (χ0) is 18.8. The van der Waals surface area contributed by atoms with Gasteiger partial charge >= 0.3 is 11.9 Å². The van der Waals surface area contributed by atoms with Crippen LogP contribution in [0.5, 0.6) is 5.75 Å². The van der Waals surface area contributed by atoms with Crippen LogP contribution in [0.15, 0.2) is 30.3 Å². The second-order valence-corrected chi connectivity index (χ2v) is 6.28. The maximum atomic E-state index is 12.5. The van der Waals surface area contributed by atoms with E-state index in [-0.39, 0.29) is 11.9 Å². The van der Waals surface area contributed by atoms with Crippen molar-refractivity contribution in [2.75, 3.05) is 6.61 Å². The lowest BCUT2D eigenvalue weighted by atomic mass is 10.0. The number of esters is 2. The zero-order valence-corrected chi connectivity index (χ0v) is 15.6. The summed E-state index contributed by atoms with van der Waals surface area (Å²) in [7, 11) is 1.93. The number of nitrogens with zero attached hydrogens (tertiary/aromatic N) is 1. The molecule has 0 N–H and O–H groups in total. The summed E-state index contributed by atoms with van der Waals surface area (Å²) in [6.45, 7) is 5.91. The van der Waals surface area contributed by atoms with Crippen LogP contribution < -0.4 is 4.74 Å². The van der Waals surface area contributed by atoms with Crippen molar-refractivity contribution in [1.29, 1.82) is 0 Å². The van der Waals surface area contributed by atoms with Crippen LogP contribution in [0, 0.1) is 6.92 Å². The van der Waals surface area contributed by atoms with Crippen molar-refractivity contribution in [2.24, 2.45) is 7.05 Å². The minimum Gasteiger partial charge on any atom is -0.462 e. The molecule has 5 nitrogen and oxygen atoms in total. The first-order chi connectivity index (χ1) is 12.5. The second kappa shape index (κ2) is 7.20. The minimum absolute atomic E-state index is 0.276. The van der Waals surface area contributed by atoms with Gasteiger partial charge in [0.05, 0.1) is 17.7 Å². The summed E-state index contributed by atoms with van der Waals surface area (Å²) in [5, 5.41) is 2.52. The van der Waals surface area contributed by atoms with Crippen LogP contribution in [0.4, 0.5) is 0 Å². The van der Waals surface area contributed by atoms with Gasteiger partial charge in [0.15, 0.2) is 0 Å². The number of carbonyl (C=O) groups excluding carboxylic acids is 2. The smallest absolute Gasteiger partial charge is 0.340 e. The third-order valence-corrected chi connectivity index (χ3v) is 4.61. The highest BCUT2D eigenvalue weighted by molar-refractivity contribution is 6.16. The lowest BCUT2D eigenvalue weighted by Gasteiger charge is -2.10. The standard InChI is InChI=1S/C21H23NO4/c1-5-9-18(23)26-17-12-16-19(21(24)25-6-2)13(3)22(4)20(16)15-11-8-7-10-14(15)17/h7-8,10-12H,5-6,9H2,1-4H3. The van der Waals surface area contributed by atoms with Gasteiger partial charge in [0.2, 0.25) is 0 Å². The molecule has 1 heterocycles. The van der Waals surface area contributed by atoms with Gasteiger partial charge in [-0.3, -0.25) is 4.79 Å². The molecule has 0 aliphatic rings. The number of hydrogen-bond donors (Lipinski definition) is 0. The number of aryl methyl sites for hydroxylation is 1. The van der Waals surface area contributed by atoms with Crippen molar-refractivity contribution in [2.45, 2.75) is 33.6 Å².